The highest BCUT2D eigenvalue weighted by atomic mass is 16.2. The summed E-state index contributed by atoms with van der Waals surface area (Å²) in [6.45, 7) is 1.46. The number of nitrogens with one attached hydrogen (secondary N) is 9. The van der Waals surface area contributed by atoms with Crippen LogP contribution in [0.2, 0.25) is 0 Å². The SMILES string of the molecule is CC(=O)N[C@H]1CCC[C@@H]1C(=O)N[C@H]1CCC[C@@H]1C(=O)N[C@H]1CCC[C@@H]1C(=O)N[C@H]1CCC[C@@H]1C(=O)N[C@H]1CCC[C@@H]1C(=O)N[C@H]1CCC[C@@H]1C(=O)N[C@H]1CCC[C@@H]1C(=O)N[C@H]1CCC[C@@H]1C(=O)N[C@H]1CCC[C@@H]1C(N)=O. The van der Waals surface area contributed by atoms with Crippen molar-refractivity contribution in [2.75, 3.05) is 0 Å². The summed E-state index contributed by atoms with van der Waals surface area (Å²) in [4.78, 5) is 134. The van der Waals surface area contributed by atoms with Crippen molar-refractivity contribution in [3.05, 3.63) is 0 Å². The fourth-order valence-corrected chi connectivity index (χ4v) is 15.6. The molecule has 0 aromatic rings. The summed E-state index contributed by atoms with van der Waals surface area (Å²) in [6, 6.07) is -2.97. The van der Waals surface area contributed by atoms with Gasteiger partial charge in [-0.05, 0) is 116 Å². The van der Waals surface area contributed by atoms with Gasteiger partial charge < -0.3 is 53.6 Å². The first-order valence-corrected chi connectivity index (χ1v) is 29.6. The molecule has 0 spiro atoms. The van der Waals surface area contributed by atoms with E-state index in [9.17, 15) is 47.9 Å². The number of amides is 10. The van der Waals surface area contributed by atoms with Crippen molar-refractivity contribution in [3.63, 3.8) is 0 Å². The number of hydrogen-bond donors (Lipinski definition) is 10. The zero-order valence-corrected chi connectivity index (χ0v) is 44.6. The Kier molecular flexibility index (Phi) is 18.2. The number of nitrogens with two attached hydrogens (primary N) is 1. The lowest BCUT2D eigenvalue weighted by molar-refractivity contribution is -0.132. The molecule has 20 nitrogen and oxygen atoms in total. The van der Waals surface area contributed by atoms with Gasteiger partial charge in [0.1, 0.15) is 0 Å². The second-order valence-corrected chi connectivity index (χ2v) is 24.5. The molecule has 76 heavy (non-hydrogen) atoms. The van der Waals surface area contributed by atoms with Crippen LogP contribution in [-0.2, 0) is 47.9 Å². The average Bonchev–Trinajstić information content (AvgIpc) is 4.22. The van der Waals surface area contributed by atoms with Crippen LogP contribution in [0.15, 0.2) is 0 Å². The van der Waals surface area contributed by atoms with Gasteiger partial charge in [-0.1, -0.05) is 57.8 Å². The van der Waals surface area contributed by atoms with Gasteiger partial charge in [-0.3, -0.25) is 47.9 Å². The molecule has 10 amide bonds. The fraction of sp³-hybridized carbons (Fsp3) is 0.821. The first-order chi connectivity index (χ1) is 36.6. The molecule has 9 saturated carbocycles. The summed E-state index contributed by atoms with van der Waals surface area (Å²) in [5, 5.41) is 28.2. The third-order valence-electron chi connectivity index (χ3n) is 19.7. The molecule has 0 aromatic heterocycles. The summed E-state index contributed by atoms with van der Waals surface area (Å²) >= 11 is 0. The van der Waals surface area contributed by atoms with Crippen LogP contribution in [0, 0.1) is 53.3 Å². The fourth-order valence-electron chi connectivity index (χ4n) is 15.6. The molecule has 0 unspecified atom stereocenters. The summed E-state index contributed by atoms with van der Waals surface area (Å²) < 4.78 is 0. The van der Waals surface area contributed by atoms with Crippen LogP contribution < -0.4 is 53.6 Å². The third kappa shape index (κ3) is 12.8. The van der Waals surface area contributed by atoms with Gasteiger partial charge in [0.15, 0.2) is 0 Å². The predicted octanol–water partition coefficient (Wildman–Crippen LogP) is 2.06. The second-order valence-electron chi connectivity index (χ2n) is 24.5. The van der Waals surface area contributed by atoms with E-state index in [2.05, 4.69) is 47.9 Å². The number of carbonyl (C=O) groups excluding carboxylic acids is 10. The van der Waals surface area contributed by atoms with Gasteiger partial charge in [0.25, 0.3) is 0 Å². The highest BCUT2D eigenvalue weighted by Gasteiger charge is 2.47. The van der Waals surface area contributed by atoms with E-state index in [-0.39, 0.29) is 119 Å². The standard InChI is InChI=1S/C56H86N10O10/c1-29(67)58-40-21-3-12-31(40)49(69)60-42-23-5-14-33(42)51(71)62-44-25-7-16-35(44)53(73)64-46-27-9-18-37(46)55(75)66-47-28-10-19-38(47)56(76)65-45-26-8-17-36(45)54(74)63-43-24-6-15-34(43)52(72)61-41-22-4-13-32(41)50(70)59-39-20-2-11-30(39)48(57)68/h30-47H,2-28H2,1H3,(H2,57,68)(H,58,67)(H,59,70)(H,60,69)(H,61,72)(H,62,71)(H,63,74)(H,64,73)(H,65,76)(H,66,75)/t30-,31-,32-,33-,34-,35-,36-,37-,38-,39-,40-,41-,42-,43-,44-,45-,46-,47-/m0/s1. The third-order valence-corrected chi connectivity index (χ3v) is 19.7. The van der Waals surface area contributed by atoms with Crippen molar-refractivity contribution in [1.29, 1.82) is 0 Å². The van der Waals surface area contributed by atoms with Crippen LogP contribution in [0.5, 0.6) is 0 Å². The molecule has 0 heterocycles. The minimum Gasteiger partial charge on any atom is -0.369 e. The maximum atomic E-state index is 14.0. The molecule has 9 aliphatic carbocycles. The molecule has 420 valence electrons. The summed E-state index contributed by atoms with van der Waals surface area (Å²) in [7, 11) is 0. The molecule has 9 aliphatic rings. The van der Waals surface area contributed by atoms with Crippen LogP contribution >= 0.6 is 0 Å². The smallest absolute Gasteiger partial charge is 0.225 e. The molecule has 20 heteroatoms. The highest BCUT2D eigenvalue weighted by Crippen LogP contribution is 2.37. The Balaban J connectivity index is 0.720. The minimum atomic E-state index is -0.464. The number of hydrogen-bond acceptors (Lipinski definition) is 10. The van der Waals surface area contributed by atoms with Crippen molar-refractivity contribution in [3.8, 4) is 0 Å². The molecule has 0 aliphatic heterocycles. The maximum Gasteiger partial charge on any atom is 0.225 e. The van der Waals surface area contributed by atoms with Gasteiger partial charge in [0, 0.05) is 61.3 Å². The molecule has 0 radical (unpaired) electrons. The molecular formula is C56H86N10O10. The van der Waals surface area contributed by atoms with E-state index in [0.29, 0.717) is 109 Å². The van der Waals surface area contributed by atoms with Crippen LogP contribution in [0.3, 0.4) is 0 Å². The Hall–Kier alpha value is -5.30. The van der Waals surface area contributed by atoms with Crippen molar-refractivity contribution >= 4 is 59.1 Å². The zero-order chi connectivity index (χ0) is 53.6. The Morgan fingerprint density at radius 2 is 0.382 bits per heavy atom. The van der Waals surface area contributed by atoms with Crippen LogP contribution in [-0.4, -0.2) is 113 Å². The van der Waals surface area contributed by atoms with Gasteiger partial charge in [-0.15, -0.1) is 0 Å². The summed E-state index contributed by atoms with van der Waals surface area (Å²) in [5.41, 5.74) is 5.60. The van der Waals surface area contributed by atoms with E-state index in [4.69, 9.17) is 5.73 Å². The van der Waals surface area contributed by atoms with Crippen molar-refractivity contribution in [1.82, 2.24) is 47.9 Å². The van der Waals surface area contributed by atoms with Gasteiger partial charge in [0.05, 0.1) is 53.3 Å². The number of rotatable bonds is 18. The largest absolute Gasteiger partial charge is 0.369 e. The topological polar surface area (TPSA) is 305 Å². The molecule has 9 fully saturated rings. The zero-order valence-electron chi connectivity index (χ0n) is 44.6. The minimum absolute atomic E-state index is 0.123. The van der Waals surface area contributed by atoms with Crippen molar-refractivity contribution in [2.24, 2.45) is 59.0 Å². The van der Waals surface area contributed by atoms with E-state index in [1.807, 2.05) is 0 Å². The summed E-state index contributed by atoms with van der Waals surface area (Å²) in [5.74, 6) is -5.62. The Morgan fingerprint density at radius 3 is 0.539 bits per heavy atom. The lowest BCUT2D eigenvalue weighted by Crippen LogP contribution is -2.54. The summed E-state index contributed by atoms with van der Waals surface area (Å²) in [6.07, 6.45) is 18.9. The molecular weight excluding hydrogens is 973 g/mol. The Labute approximate surface area is 447 Å². The first kappa shape index (κ1) is 55.5. The van der Waals surface area contributed by atoms with Crippen LogP contribution in [0.25, 0.3) is 0 Å². The maximum absolute atomic E-state index is 14.0. The van der Waals surface area contributed by atoms with Crippen LogP contribution in [0.4, 0.5) is 0 Å². The average molecular weight is 1060 g/mol. The van der Waals surface area contributed by atoms with E-state index in [1.165, 1.54) is 6.92 Å². The molecule has 0 bridgehead atoms. The van der Waals surface area contributed by atoms with Crippen molar-refractivity contribution in [2.45, 2.75) is 235 Å². The van der Waals surface area contributed by atoms with Gasteiger partial charge >= 0.3 is 0 Å². The monoisotopic (exact) mass is 1060 g/mol. The number of primary amides is 1. The quantitative estimate of drug-likeness (QED) is 0.0953. The van der Waals surface area contributed by atoms with E-state index in [0.717, 1.165) is 64.2 Å². The Bertz CT molecular complexity index is 2210. The number of carbonyl (C=O) groups is 10. The molecule has 0 aromatic carbocycles. The van der Waals surface area contributed by atoms with E-state index < -0.39 is 47.3 Å². The predicted molar refractivity (Wildman–Crippen MR) is 278 cm³/mol. The molecule has 9 rings (SSSR count). The molecule has 0 saturated heterocycles. The van der Waals surface area contributed by atoms with E-state index >= 15 is 0 Å². The lowest BCUT2D eigenvalue weighted by Gasteiger charge is -2.29. The highest BCUT2D eigenvalue weighted by molar-refractivity contribution is 5.89. The second kappa shape index (κ2) is 25.0. The first-order valence-electron chi connectivity index (χ1n) is 29.6. The van der Waals surface area contributed by atoms with Crippen LogP contribution in [0.1, 0.15) is 180 Å². The van der Waals surface area contributed by atoms with Gasteiger partial charge in [-0.2, -0.15) is 0 Å². The lowest BCUT2D eigenvalue weighted by atomic mass is 9.95. The normalized spacial score (nSPS) is 37.8. The van der Waals surface area contributed by atoms with E-state index in [1.54, 1.807) is 0 Å². The van der Waals surface area contributed by atoms with Crippen molar-refractivity contribution < 1.29 is 47.9 Å². The molecule has 18 atom stereocenters. The molecule has 11 N–H and O–H groups in total. The van der Waals surface area contributed by atoms with Gasteiger partial charge in [0.2, 0.25) is 59.1 Å². The Morgan fingerprint density at radius 1 is 0.237 bits per heavy atom. The van der Waals surface area contributed by atoms with Gasteiger partial charge in [-0.25, -0.2) is 0 Å².